The van der Waals surface area contributed by atoms with E-state index in [0.717, 1.165) is 0 Å². The number of allylic oxidation sites excluding steroid dienone is 1. The van der Waals surface area contributed by atoms with Gasteiger partial charge in [-0.25, -0.2) is 9.97 Å². The molecule has 1 aromatic heterocycles. The Labute approximate surface area is 182 Å². The van der Waals surface area contributed by atoms with Gasteiger partial charge in [-0.3, -0.25) is 9.79 Å². The second kappa shape index (κ2) is 8.82. The van der Waals surface area contributed by atoms with Crippen molar-refractivity contribution in [2.24, 2.45) is 10.7 Å². The Balaban J connectivity index is 2.19. The van der Waals surface area contributed by atoms with Crippen LogP contribution in [0.25, 0.3) is 0 Å². The summed E-state index contributed by atoms with van der Waals surface area (Å²) >= 11 is 0. The third-order valence-corrected chi connectivity index (χ3v) is 10.5. The number of nitrogens with two attached hydrogens (primary N) is 1. The van der Waals surface area contributed by atoms with E-state index in [1.54, 1.807) is 6.07 Å². The minimum atomic E-state index is -4.81. The van der Waals surface area contributed by atoms with E-state index in [9.17, 15) is 18.0 Å². The number of aliphatic imine (C=N–C) groups is 1. The molecule has 1 aromatic rings. The average Bonchev–Trinajstić information content (AvgIpc) is 2.58. The van der Waals surface area contributed by atoms with Crippen molar-refractivity contribution < 1.29 is 22.4 Å². The van der Waals surface area contributed by atoms with Crippen LogP contribution < -0.4 is 5.73 Å². The number of carbonyl (C=O) groups excluding carboxylic acids is 1. The number of aromatic nitrogens is 2. The van der Waals surface area contributed by atoms with E-state index in [0.29, 0.717) is 19.0 Å². The molecule has 2 N–H and O–H groups in total. The third kappa shape index (κ3) is 6.22. The summed E-state index contributed by atoms with van der Waals surface area (Å²) in [6.45, 7) is 12.5. The van der Waals surface area contributed by atoms with Gasteiger partial charge in [0.15, 0.2) is 19.8 Å². The van der Waals surface area contributed by atoms with Crippen LogP contribution in [-0.2, 0) is 15.6 Å². The van der Waals surface area contributed by atoms with Gasteiger partial charge in [0, 0.05) is 18.6 Å². The quantitative estimate of drug-likeness (QED) is 0.374. The number of rotatable bonds is 7. The molecule has 10 heteroatoms. The molecule has 0 aromatic carbocycles. The van der Waals surface area contributed by atoms with Crippen molar-refractivity contribution in [2.45, 2.75) is 82.9 Å². The zero-order valence-electron chi connectivity index (χ0n) is 18.9. The van der Waals surface area contributed by atoms with Gasteiger partial charge >= 0.3 is 6.18 Å². The van der Waals surface area contributed by atoms with E-state index in [1.165, 1.54) is 12.4 Å². The summed E-state index contributed by atoms with van der Waals surface area (Å²) in [5.74, 6) is -0.711. The molecule has 1 fully saturated rings. The van der Waals surface area contributed by atoms with E-state index in [1.807, 2.05) is 6.92 Å². The lowest BCUT2D eigenvalue weighted by Crippen LogP contribution is -2.55. The minimum Gasteiger partial charge on any atom is -0.411 e. The number of Topliss-reactive ketones (excluding diaryl/α,β-unsaturated/α-hetero) is 1. The zero-order valence-corrected chi connectivity index (χ0v) is 19.9. The highest BCUT2D eigenvalue weighted by Gasteiger charge is 2.50. The number of hydrogen-bond donors (Lipinski definition) is 1. The Morgan fingerprint density at radius 1 is 1.29 bits per heavy atom. The van der Waals surface area contributed by atoms with Crippen molar-refractivity contribution in [3.05, 3.63) is 36.1 Å². The summed E-state index contributed by atoms with van der Waals surface area (Å²) in [6.07, 6.45) is -1.00. The van der Waals surface area contributed by atoms with Crippen molar-refractivity contribution in [1.29, 1.82) is 0 Å². The molecule has 6 nitrogen and oxygen atoms in total. The van der Waals surface area contributed by atoms with Crippen molar-refractivity contribution in [1.82, 2.24) is 9.97 Å². The smallest absolute Gasteiger partial charge is 0.411 e. The van der Waals surface area contributed by atoms with E-state index in [2.05, 4.69) is 48.8 Å². The first-order valence-electron chi connectivity index (χ1n) is 10.1. The van der Waals surface area contributed by atoms with Gasteiger partial charge < -0.3 is 10.2 Å². The molecular formula is C21H31F3N4O2Si. The topological polar surface area (TPSA) is 90.5 Å². The number of nitrogens with zero attached hydrogens (tertiary/aromatic N) is 3. The van der Waals surface area contributed by atoms with Crippen LogP contribution in [0.3, 0.4) is 0 Å². The van der Waals surface area contributed by atoms with E-state index in [-0.39, 0.29) is 10.9 Å². The van der Waals surface area contributed by atoms with Gasteiger partial charge in [0.25, 0.3) is 0 Å². The number of ketones is 1. The van der Waals surface area contributed by atoms with Crippen LogP contribution >= 0.6 is 0 Å². The van der Waals surface area contributed by atoms with Gasteiger partial charge in [-0.1, -0.05) is 20.8 Å². The summed E-state index contributed by atoms with van der Waals surface area (Å²) < 4.78 is 47.7. The Hall–Kier alpha value is -2.07. The third-order valence-electron chi connectivity index (χ3n) is 5.88. The predicted molar refractivity (Wildman–Crippen MR) is 116 cm³/mol. The van der Waals surface area contributed by atoms with Gasteiger partial charge in [-0.2, -0.15) is 13.2 Å². The number of carbonyl (C=O) groups is 1. The maximum atomic E-state index is 13.8. The highest BCUT2D eigenvalue weighted by Crippen LogP contribution is 2.46. The summed E-state index contributed by atoms with van der Waals surface area (Å²) in [4.78, 5) is 24.2. The lowest BCUT2D eigenvalue weighted by atomic mass is 9.77. The van der Waals surface area contributed by atoms with Crippen LogP contribution in [0.5, 0.6) is 0 Å². The van der Waals surface area contributed by atoms with Crippen molar-refractivity contribution >= 4 is 19.8 Å². The minimum absolute atomic E-state index is 0.0110. The first kappa shape index (κ1) is 25.2. The molecule has 1 aliphatic carbocycles. The molecule has 0 atom stereocenters. The number of halogens is 3. The summed E-state index contributed by atoms with van der Waals surface area (Å²) in [6, 6.07) is 0.956. The maximum Gasteiger partial charge on any atom is 0.433 e. The average molecular weight is 457 g/mol. The fraction of sp³-hybridized carbons (Fsp3) is 0.619. The molecule has 0 aliphatic heterocycles. The molecule has 0 unspecified atom stereocenters. The molecule has 172 valence electrons. The Morgan fingerprint density at radius 3 is 2.29 bits per heavy atom. The van der Waals surface area contributed by atoms with Crippen molar-refractivity contribution in [3.63, 3.8) is 0 Å². The normalized spacial score (nSPS) is 23.5. The van der Waals surface area contributed by atoms with Crippen LogP contribution in [0.2, 0.25) is 18.1 Å². The lowest BCUT2D eigenvalue weighted by molar-refractivity contribution is -0.115. The first-order valence-corrected chi connectivity index (χ1v) is 13.1. The van der Waals surface area contributed by atoms with Crippen LogP contribution in [0.15, 0.2) is 35.2 Å². The molecule has 0 bridgehead atoms. The summed E-state index contributed by atoms with van der Waals surface area (Å²) in [7, 11) is -2.08. The predicted octanol–water partition coefficient (Wildman–Crippen LogP) is 4.38. The molecule has 0 radical (unpaired) electrons. The van der Waals surface area contributed by atoms with Crippen molar-refractivity contribution in [2.75, 3.05) is 0 Å². The molecule has 0 amide bonds. The SMILES string of the molecule is CC1(O[Si](C)(C)C(C)(C)C)CC(N=C(C(=CN)C(=O)Cc2ncccn2)C(F)(F)F)C1. The maximum absolute atomic E-state index is 13.8. The Kier molecular flexibility index (Phi) is 7.16. The number of alkyl halides is 3. The fourth-order valence-corrected chi connectivity index (χ4v) is 5.03. The number of hydrogen-bond acceptors (Lipinski definition) is 6. The molecule has 0 spiro atoms. The lowest BCUT2D eigenvalue weighted by Gasteiger charge is -2.51. The Bertz CT molecular complexity index is 856. The van der Waals surface area contributed by atoms with Crippen LogP contribution in [0.1, 0.15) is 46.4 Å². The summed E-state index contributed by atoms with van der Waals surface area (Å²) in [5.41, 5.74) is 2.97. The molecule has 0 saturated heterocycles. The summed E-state index contributed by atoms with van der Waals surface area (Å²) in [5, 5.41) is -0.0110. The molecule has 2 rings (SSSR count). The highest BCUT2D eigenvalue weighted by atomic mass is 28.4. The standard InChI is InChI=1S/C21H31F3N4O2Si/c1-19(2,3)31(5,6)30-20(4)11-14(12-20)28-18(21(22,23)24)15(13-25)16(29)10-17-26-8-7-9-27-17/h7-9,13-14H,10-12,25H2,1-6H3. The van der Waals surface area contributed by atoms with Gasteiger partial charge in [0.1, 0.15) is 5.82 Å². The van der Waals surface area contributed by atoms with Gasteiger partial charge in [0.2, 0.25) is 0 Å². The zero-order chi connectivity index (χ0) is 23.7. The second-order valence-electron chi connectivity index (χ2n) is 9.70. The second-order valence-corrected chi connectivity index (χ2v) is 14.4. The van der Waals surface area contributed by atoms with E-state index >= 15 is 0 Å². The first-order chi connectivity index (χ1) is 14.1. The molecule has 1 heterocycles. The van der Waals surface area contributed by atoms with E-state index in [4.69, 9.17) is 10.2 Å². The molecular weight excluding hydrogens is 425 g/mol. The fourth-order valence-electron chi connectivity index (χ4n) is 3.32. The Morgan fingerprint density at radius 2 is 1.84 bits per heavy atom. The van der Waals surface area contributed by atoms with Crippen molar-refractivity contribution in [3.8, 4) is 0 Å². The van der Waals surface area contributed by atoms with Crippen LogP contribution in [-0.4, -0.2) is 47.6 Å². The van der Waals surface area contributed by atoms with Gasteiger partial charge in [-0.05, 0) is 44.0 Å². The molecule has 1 aliphatic rings. The van der Waals surface area contributed by atoms with Crippen LogP contribution in [0.4, 0.5) is 13.2 Å². The van der Waals surface area contributed by atoms with Gasteiger partial charge in [-0.15, -0.1) is 0 Å². The largest absolute Gasteiger partial charge is 0.433 e. The van der Waals surface area contributed by atoms with E-state index < -0.39 is 49.6 Å². The highest BCUT2D eigenvalue weighted by molar-refractivity contribution is 6.74. The molecule has 1 saturated carbocycles. The van der Waals surface area contributed by atoms with Crippen LogP contribution in [0, 0.1) is 0 Å². The molecule has 31 heavy (non-hydrogen) atoms. The monoisotopic (exact) mass is 456 g/mol. The van der Waals surface area contributed by atoms with Gasteiger partial charge in [0.05, 0.1) is 23.6 Å².